The molecule has 1 heteroatoms. The molecule has 15 heavy (non-hydrogen) atoms. The van der Waals surface area contributed by atoms with Gasteiger partial charge in [0.25, 0.3) is 0 Å². The summed E-state index contributed by atoms with van der Waals surface area (Å²) < 4.78 is 0. The van der Waals surface area contributed by atoms with Gasteiger partial charge in [-0.15, -0.1) is 11.3 Å². The summed E-state index contributed by atoms with van der Waals surface area (Å²) in [6.45, 7) is 8.06. The van der Waals surface area contributed by atoms with Gasteiger partial charge in [-0.05, 0) is 42.7 Å². The third-order valence-corrected chi connectivity index (χ3v) is 3.56. The number of hydrogen-bond donors (Lipinski definition) is 0. The first kappa shape index (κ1) is 10.2. The summed E-state index contributed by atoms with van der Waals surface area (Å²) in [6, 6.07) is 10.9. The molecular weight excluding hydrogens is 200 g/mol. The van der Waals surface area contributed by atoms with Crippen molar-refractivity contribution >= 4 is 17.4 Å². The van der Waals surface area contributed by atoms with Crippen molar-refractivity contribution < 1.29 is 0 Å². The Hall–Kier alpha value is -1.34. The van der Waals surface area contributed by atoms with Crippen LogP contribution in [0.25, 0.3) is 16.5 Å². The largest absolute Gasteiger partial charge is 0.141 e. The highest BCUT2D eigenvalue weighted by molar-refractivity contribution is 7.15. The maximum Gasteiger partial charge on any atom is 0.0345 e. The monoisotopic (exact) mass is 214 g/mol. The third kappa shape index (κ3) is 2.02. The zero-order valence-corrected chi connectivity index (χ0v) is 9.90. The second-order valence-electron chi connectivity index (χ2n) is 3.69. The van der Waals surface area contributed by atoms with Crippen LogP contribution in [0.3, 0.4) is 0 Å². The number of benzene rings is 1. The van der Waals surface area contributed by atoms with Crippen LogP contribution in [-0.4, -0.2) is 0 Å². The van der Waals surface area contributed by atoms with E-state index in [0.717, 1.165) is 0 Å². The van der Waals surface area contributed by atoms with Gasteiger partial charge in [0.2, 0.25) is 0 Å². The van der Waals surface area contributed by atoms with Gasteiger partial charge in [0, 0.05) is 9.75 Å². The van der Waals surface area contributed by atoms with Crippen molar-refractivity contribution in [2.24, 2.45) is 0 Å². The minimum absolute atomic E-state index is 1.21. The molecule has 0 saturated carbocycles. The van der Waals surface area contributed by atoms with E-state index in [2.05, 4.69) is 50.8 Å². The Morgan fingerprint density at radius 1 is 1.13 bits per heavy atom. The van der Waals surface area contributed by atoms with Crippen molar-refractivity contribution in [1.29, 1.82) is 0 Å². The van der Waals surface area contributed by atoms with E-state index in [1.165, 1.54) is 26.4 Å². The molecule has 2 aromatic rings. The second kappa shape index (κ2) is 4.03. The van der Waals surface area contributed by atoms with E-state index in [9.17, 15) is 0 Å². The van der Waals surface area contributed by atoms with Crippen LogP contribution >= 0.6 is 11.3 Å². The highest BCUT2D eigenvalue weighted by Crippen LogP contribution is 2.29. The number of rotatable bonds is 2. The van der Waals surface area contributed by atoms with E-state index >= 15 is 0 Å². The Kier molecular flexibility index (Phi) is 2.74. The molecule has 0 amide bonds. The van der Waals surface area contributed by atoms with Crippen LogP contribution < -0.4 is 0 Å². The maximum atomic E-state index is 3.80. The van der Waals surface area contributed by atoms with Crippen molar-refractivity contribution in [3.8, 4) is 10.4 Å². The summed E-state index contributed by atoms with van der Waals surface area (Å²) in [5.41, 5.74) is 3.80. The lowest BCUT2D eigenvalue weighted by Crippen LogP contribution is -1.81. The predicted molar refractivity (Wildman–Crippen MR) is 69.3 cm³/mol. The fourth-order valence-electron chi connectivity index (χ4n) is 1.65. The predicted octanol–water partition coefficient (Wildman–Crippen LogP) is 4.67. The van der Waals surface area contributed by atoms with Gasteiger partial charge in [-0.3, -0.25) is 0 Å². The summed E-state index contributed by atoms with van der Waals surface area (Å²) in [4.78, 5) is 2.70. The van der Waals surface area contributed by atoms with Gasteiger partial charge < -0.3 is 0 Å². The van der Waals surface area contributed by atoms with Gasteiger partial charge in [0.1, 0.15) is 0 Å². The van der Waals surface area contributed by atoms with Gasteiger partial charge in [-0.2, -0.15) is 0 Å². The lowest BCUT2D eigenvalue weighted by Gasteiger charge is -2.03. The quantitative estimate of drug-likeness (QED) is 0.681. The zero-order valence-electron chi connectivity index (χ0n) is 9.08. The third-order valence-electron chi connectivity index (χ3n) is 2.51. The van der Waals surface area contributed by atoms with Crippen molar-refractivity contribution in [2.45, 2.75) is 13.8 Å². The molecule has 1 aromatic heterocycles. The summed E-state index contributed by atoms with van der Waals surface area (Å²) in [6.07, 6.45) is 1.90. The van der Waals surface area contributed by atoms with Crippen LogP contribution in [0.5, 0.6) is 0 Å². The van der Waals surface area contributed by atoms with Crippen molar-refractivity contribution in [3.05, 3.63) is 52.9 Å². The molecule has 0 atom stereocenters. The highest BCUT2D eigenvalue weighted by Gasteiger charge is 2.02. The van der Waals surface area contributed by atoms with Gasteiger partial charge in [0.05, 0.1) is 0 Å². The average molecular weight is 214 g/mol. The topological polar surface area (TPSA) is 0 Å². The van der Waals surface area contributed by atoms with Crippen molar-refractivity contribution in [2.75, 3.05) is 0 Å². The normalized spacial score (nSPS) is 10.3. The second-order valence-corrected chi connectivity index (χ2v) is 4.97. The Morgan fingerprint density at radius 3 is 2.47 bits per heavy atom. The molecule has 2 rings (SSSR count). The van der Waals surface area contributed by atoms with E-state index in [1.54, 1.807) is 0 Å². The molecule has 0 saturated heterocycles. The summed E-state index contributed by atoms with van der Waals surface area (Å²) in [5, 5.41) is 0. The first-order chi connectivity index (χ1) is 7.20. The molecule has 0 aliphatic carbocycles. The van der Waals surface area contributed by atoms with Crippen molar-refractivity contribution in [1.82, 2.24) is 0 Å². The first-order valence-electron chi connectivity index (χ1n) is 5.00. The van der Waals surface area contributed by atoms with Gasteiger partial charge in [0.15, 0.2) is 0 Å². The molecule has 1 aromatic carbocycles. The number of hydrogen-bond acceptors (Lipinski definition) is 1. The molecular formula is C14H14S. The first-order valence-corrected chi connectivity index (χ1v) is 5.82. The minimum Gasteiger partial charge on any atom is -0.141 e. The number of aryl methyl sites for hydroxylation is 2. The standard InChI is InChI=1S/C14H14S/c1-4-12-6-7-13(9-10(12)2)14-8-5-11(3)15-14/h4-9H,1H2,2-3H3. The van der Waals surface area contributed by atoms with E-state index in [-0.39, 0.29) is 0 Å². The van der Waals surface area contributed by atoms with E-state index in [4.69, 9.17) is 0 Å². The van der Waals surface area contributed by atoms with Crippen LogP contribution in [0.4, 0.5) is 0 Å². The highest BCUT2D eigenvalue weighted by atomic mass is 32.1. The maximum absolute atomic E-state index is 3.80. The average Bonchev–Trinajstić information content (AvgIpc) is 2.65. The number of thiophene rings is 1. The molecule has 1 heterocycles. The van der Waals surface area contributed by atoms with Gasteiger partial charge in [-0.1, -0.05) is 30.9 Å². The lowest BCUT2D eigenvalue weighted by molar-refractivity contribution is 1.45. The minimum atomic E-state index is 1.21. The molecule has 0 unspecified atom stereocenters. The molecule has 0 aliphatic rings. The molecule has 76 valence electrons. The molecule has 0 bridgehead atoms. The van der Waals surface area contributed by atoms with Crippen molar-refractivity contribution in [3.63, 3.8) is 0 Å². The van der Waals surface area contributed by atoms with Gasteiger partial charge in [-0.25, -0.2) is 0 Å². The van der Waals surface area contributed by atoms with Crippen LogP contribution in [-0.2, 0) is 0 Å². The van der Waals surface area contributed by atoms with E-state index in [1.807, 2.05) is 17.4 Å². The lowest BCUT2D eigenvalue weighted by atomic mass is 10.0. The Bertz CT molecular complexity index is 492. The smallest absolute Gasteiger partial charge is 0.0345 e. The molecule has 0 spiro atoms. The Labute approximate surface area is 94.9 Å². The Morgan fingerprint density at radius 2 is 1.93 bits per heavy atom. The molecule has 0 aliphatic heterocycles. The van der Waals surface area contributed by atoms with E-state index < -0.39 is 0 Å². The summed E-state index contributed by atoms with van der Waals surface area (Å²) in [5.74, 6) is 0. The Balaban J connectivity index is 2.46. The fraction of sp³-hybridized carbons (Fsp3) is 0.143. The summed E-state index contributed by atoms with van der Waals surface area (Å²) in [7, 11) is 0. The molecule has 0 fully saturated rings. The zero-order chi connectivity index (χ0) is 10.8. The molecule has 0 nitrogen and oxygen atoms in total. The van der Waals surface area contributed by atoms with Crippen LogP contribution in [0, 0.1) is 13.8 Å². The molecule has 0 N–H and O–H groups in total. The van der Waals surface area contributed by atoms with Gasteiger partial charge >= 0.3 is 0 Å². The van der Waals surface area contributed by atoms with Crippen LogP contribution in [0.1, 0.15) is 16.0 Å². The molecule has 0 radical (unpaired) electrons. The van der Waals surface area contributed by atoms with E-state index in [0.29, 0.717) is 0 Å². The fourth-order valence-corrected chi connectivity index (χ4v) is 2.51. The summed E-state index contributed by atoms with van der Waals surface area (Å²) >= 11 is 1.84. The van der Waals surface area contributed by atoms with Crippen LogP contribution in [0.15, 0.2) is 36.9 Å². The van der Waals surface area contributed by atoms with Crippen LogP contribution in [0.2, 0.25) is 0 Å². The SMILES string of the molecule is C=Cc1ccc(-c2ccc(C)s2)cc1C.